The minimum atomic E-state index is 0.126. The predicted molar refractivity (Wildman–Crippen MR) is 107 cm³/mol. The van der Waals surface area contributed by atoms with E-state index < -0.39 is 0 Å². The van der Waals surface area contributed by atoms with Crippen molar-refractivity contribution in [2.45, 2.75) is 6.92 Å². The van der Waals surface area contributed by atoms with Gasteiger partial charge < -0.3 is 20.2 Å². The third-order valence-corrected chi connectivity index (χ3v) is 3.99. The van der Waals surface area contributed by atoms with E-state index >= 15 is 0 Å². The lowest BCUT2D eigenvalue weighted by Crippen LogP contribution is -2.25. The number of aromatic nitrogens is 2. The van der Waals surface area contributed by atoms with Gasteiger partial charge in [-0.25, -0.2) is 4.98 Å². The standard InChI is InChI=1S/C18H19N5O2S/c1-10(22-23-18(19)26)11-4-7-14-15(8-11)21-17(20-14)13-6-5-12(24-2)9-16(13)25-3/h4-9H,1-3H3,(H,20,21)(H3,19,23,26)/b22-10+. The SMILES string of the molecule is COc1ccc(-c2nc3ccc(/C(C)=N/NC(N)=S)cc3[nH]2)c(OC)c1. The van der Waals surface area contributed by atoms with Crippen molar-refractivity contribution in [1.29, 1.82) is 0 Å². The minimum Gasteiger partial charge on any atom is -0.497 e. The van der Waals surface area contributed by atoms with Crippen LogP contribution in [0.5, 0.6) is 11.5 Å². The normalized spacial score (nSPS) is 11.4. The van der Waals surface area contributed by atoms with Crippen LogP contribution in [0, 0.1) is 0 Å². The van der Waals surface area contributed by atoms with Gasteiger partial charge in [0.15, 0.2) is 5.11 Å². The maximum Gasteiger partial charge on any atom is 0.184 e. The van der Waals surface area contributed by atoms with Gasteiger partial charge in [-0.15, -0.1) is 0 Å². The largest absolute Gasteiger partial charge is 0.497 e. The molecular formula is C18H19N5O2S. The third-order valence-electron chi connectivity index (χ3n) is 3.90. The molecule has 0 aliphatic heterocycles. The van der Waals surface area contributed by atoms with Crippen LogP contribution < -0.4 is 20.6 Å². The van der Waals surface area contributed by atoms with Gasteiger partial charge in [-0.1, -0.05) is 6.07 Å². The number of rotatable bonds is 5. The summed E-state index contributed by atoms with van der Waals surface area (Å²) in [6.45, 7) is 1.87. The average Bonchev–Trinajstić information content (AvgIpc) is 3.08. The zero-order chi connectivity index (χ0) is 18.7. The topological polar surface area (TPSA) is 97.5 Å². The van der Waals surface area contributed by atoms with Gasteiger partial charge in [0.05, 0.1) is 36.5 Å². The van der Waals surface area contributed by atoms with Crippen molar-refractivity contribution in [3.8, 4) is 22.9 Å². The van der Waals surface area contributed by atoms with Gasteiger partial charge in [0.1, 0.15) is 17.3 Å². The summed E-state index contributed by atoms with van der Waals surface area (Å²) in [6, 6.07) is 11.5. The van der Waals surface area contributed by atoms with E-state index in [1.807, 2.05) is 43.3 Å². The maximum atomic E-state index is 5.46. The van der Waals surface area contributed by atoms with E-state index in [1.54, 1.807) is 14.2 Å². The first kappa shape index (κ1) is 17.7. The van der Waals surface area contributed by atoms with E-state index in [4.69, 9.17) is 27.4 Å². The average molecular weight is 369 g/mol. The molecule has 26 heavy (non-hydrogen) atoms. The fourth-order valence-electron chi connectivity index (χ4n) is 2.56. The summed E-state index contributed by atoms with van der Waals surface area (Å²) in [5.41, 5.74) is 12.3. The molecule has 3 rings (SSSR count). The molecule has 0 atom stereocenters. The van der Waals surface area contributed by atoms with Crippen LogP contribution in [0.4, 0.5) is 0 Å². The first-order valence-electron chi connectivity index (χ1n) is 7.84. The van der Waals surface area contributed by atoms with Crippen molar-refractivity contribution in [2.75, 3.05) is 14.2 Å². The molecular weight excluding hydrogens is 350 g/mol. The summed E-state index contributed by atoms with van der Waals surface area (Å²) < 4.78 is 10.7. The fourth-order valence-corrected chi connectivity index (χ4v) is 2.61. The number of hydrogen-bond donors (Lipinski definition) is 3. The van der Waals surface area contributed by atoms with Crippen molar-refractivity contribution in [3.63, 3.8) is 0 Å². The number of H-pyrrole nitrogens is 1. The van der Waals surface area contributed by atoms with Crippen molar-refractivity contribution < 1.29 is 9.47 Å². The third kappa shape index (κ3) is 3.60. The van der Waals surface area contributed by atoms with Crippen LogP contribution in [0.15, 0.2) is 41.5 Å². The van der Waals surface area contributed by atoms with Gasteiger partial charge >= 0.3 is 0 Å². The van der Waals surface area contributed by atoms with Gasteiger partial charge in [-0.3, -0.25) is 5.43 Å². The van der Waals surface area contributed by atoms with Crippen molar-refractivity contribution in [1.82, 2.24) is 15.4 Å². The minimum absolute atomic E-state index is 0.126. The monoisotopic (exact) mass is 369 g/mol. The molecule has 0 spiro atoms. The number of ether oxygens (including phenoxy) is 2. The van der Waals surface area contributed by atoms with E-state index in [0.29, 0.717) is 11.6 Å². The Kier molecular flexibility index (Phi) is 5.04. The number of nitrogens with one attached hydrogen (secondary N) is 2. The molecule has 0 aliphatic rings. The first-order chi connectivity index (χ1) is 12.5. The molecule has 0 unspecified atom stereocenters. The van der Waals surface area contributed by atoms with E-state index in [2.05, 4.69) is 20.5 Å². The van der Waals surface area contributed by atoms with Crippen LogP contribution in [0.2, 0.25) is 0 Å². The molecule has 8 heteroatoms. The van der Waals surface area contributed by atoms with Crippen LogP contribution in [-0.4, -0.2) is 35.0 Å². The first-order valence-corrected chi connectivity index (χ1v) is 8.25. The van der Waals surface area contributed by atoms with Crippen LogP contribution in [0.3, 0.4) is 0 Å². The molecule has 3 aromatic rings. The number of thiocarbonyl (C=S) groups is 1. The molecule has 1 aromatic heterocycles. The van der Waals surface area contributed by atoms with Crippen molar-refractivity contribution in [2.24, 2.45) is 10.8 Å². The number of nitrogens with zero attached hydrogens (tertiary/aromatic N) is 2. The Bertz CT molecular complexity index is 996. The molecule has 0 saturated carbocycles. The zero-order valence-electron chi connectivity index (χ0n) is 14.7. The van der Waals surface area contributed by atoms with Crippen molar-refractivity contribution >= 4 is 34.1 Å². The molecule has 134 valence electrons. The summed E-state index contributed by atoms with van der Waals surface area (Å²) in [6.07, 6.45) is 0. The molecule has 0 saturated heterocycles. The number of aromatic amines is 1. The molecule has 7 nitrogen and oxygen atoms in total. The van der Waals surface area contributed by atoms with Crippen LogP contribution in [0.1, 0.15) is 12.5 Å². The highest BCUT2D eigenvalue weighted by atomic mass is 32.1. The number of imidazole rings is 1. The number of nitrogens with two attached hydrogens (primary N) is 1. The molecule has 0 bridgehead atoms. The van der Waals surface area contributed by atoms with Gasteiger partial charge in [-0.2, -0.15) is 5.10 Å². The second-order valence-corrected chi connectivity index (χ2v) is 6.00. The molecule has 0 fully saturated rings. The van der Waals surface area contributed by atoms with Gasteiger partial charge in [0, 0.05) is 6.07 Å². The number of fused-ring (bicyclic) bond motifs is 1. The second kappa shape index (κ2) is 7.40. The zero-order valence-corrected chi connectivity index (χ0v) is 15.5. The Morgan fingerprint density at radius 1 is 1.19 bits per heavy atom. The predicted octanol–water partition coefficient (Wildman–Crippen LogP) is 2.80. The second-order valence-electron chi connectivity index (χ2n) is 5.56. The Morgan fingerprint density at radius 2 is 2.00 bits per heavy atom. The molecule has 0 radical (unpaired) electrons. The van der Waals surface area contributed by atoms with E-state index in [-0.39, 0.29) is 5.11 Å². The fraction of sp³-hybridized carbons (Fsp3) is 0.167. The molecule has 1 heterocycles. The highest BCUT2D eigenvalue weighted by Crippen LogP contribution is 2.32. The van der Waals surface area contributed by atoms with Crippen molar-refractivity contribution in [3.05, 3.63) is 42.0 Å². The number of hydrazone groups is 1. The van der Waals surface area contributed by atoms with Gasteiger partial charge in [0.25, 0.3) is 0 Å². The molecule has 4 N–H and O–H groups in total. The Labute approximate surface area is 156 Å². The van der Waals surface area contributed by atoms with Crippen LogP contribution in [-0.2, 0) is 0 Å². The number of hydrogen-bond acceptors (Lipinski definition) is 5. The number of methoxy groups -OCH3 is 2. The van der Waals surface area contributed by atoms with E-state index in [1.165, 1.54) is 0 Å². The van der Waals surface area contributed by atoms with Gasteiger partial charge in [-0.05, 0) is 49.0 Å². The molecule has 0 amide bonds. The molecule has 0 aliphatic carbocycles. The van der Waals surface area contributed by atoms with Crippen LogP contribution in [0.25, 0.3) is 22.4 Å². The molecule has 2 aromatic carbocycles. The lowest BCUT2D eigenvalue weighted by Gasteiger charge is -2.08. The summed E-state index contributed by atoms with van der Waals surface area (Å²) in [7, 11) is 3.24. The summed E-state index contributed by atoms with van der Waals surface area (Å²) in [4.78, 5) is 7.98. The lowest BCUT2D eigenvalue weighted by atomic mass is 10.1. The van der Waals surface area contributed by atoms with E-state index in [9.17, 15) is 0 Å². The summed E-state index contributed by atoms with van der Waals surface area (Å²) in [5, 5.41) is 4.27. The highest BCUT2D eigenvalue weighted by molar-refractivity contribution is 7.80. The lowest BCUT2D eigenvalue weighted by molar-refractivity contribution is 0.395. The quantitative estimate of drug-likeness (QED) is 0.363. The highest BCUT2D eigenvalue weighted by Gasteiger charge is 2.12. The summed E-state index contributed by atoms with van der Waals surface area (Å²) >= 11 is 4.76. The Balaban J connectivity index is 2.00. The number of benzene rings is 2. The Hall–Kier alpha value is -3.13. The van der Waals surface area contributed by atoms with Gasteiger partial charge in [0.2, 0.25) is 0 Å². The Morgan fingerprint density at radius 3 is 2.69 bits per heavy atom. The smallest absolute Gasteiger partial charge is 0.184 e. The maximum absolute atomic E-state index is 5.46. The summed E-state index contributed by atoms with van der Waals surface area (Å²) in [5.74, 6) is 2.12. The van der Waals surface area contributed by atoms with Crippen LogP contribution >= 0.6 is 12.2 Å². The van der Waals surface area contributed by atoms with E-state index in [0.717, 1.165) is 33.6 Å².